The average Bonchev–Trinajstić information content (AvgIpc) is 2.37. The maximum absolute atomic E-state index is 5.68. The molecule has 2 aromatic rings. The van der Waals surface area contributed by atoms with Crippen molar-refractivity contribution in [1.82, 2.24) is 4.98 Å². The van der Waals surface area contributed by atoms with Crippen molar-refractivity contribution in [3.8, 4) is 11.5 Å². The van der Waals surface area contributed by atoms with E-state index in [1.165, 1.54) is 0 Å². The van der Waals surface area contributed by atoms with Gasteiger partial charge in [0.05, 0.1) is 13.3 Å². The monoisotopic (exact) mass is 371 g/mol. The Morgan fingerprint density at radius 3 is 2.67 bits per heavy atom. The van der Waals surface area contributed by atoms with Crippen LogP contribution in [0, 0.1) is 0 Å². The molecule has 1 aromatic heterocycles. The number of methoxy groups -OCH3 is 1. The summed E-state index contributed by atoms with van der Waals surface area (Å²) >= 11 is 6.79. The fourth-order valence-corrected chi connectivity index (χ4v) is 2.24. The van der Waals surface area contributed by atoms with E-state index in [1.54, 1.807) is 19.5 Å². The Labute approximate surface area is 122 Å². The van der Waals surface area contributed by atoms with Gasteiger partial charge in [-0.1, -0.05) is 15.9 Å². The van der Waals surface area contributed by atoms with Crippen LogP contribution in [-0.4, -0.2) is 12.1 Å². The van der Waals surface area contributed by atoms with Crippen LogP contribution in [0.5, 0.6) is 11.5 Å². The van der Waals surface area contributed by atoms with Gasteiger partial charge in [0.1, 0.15) is 18.1 Å². The molecular weight excluding hydrogens is 362 g/mol. The fraction of sp³-hybridized carbons (Fsp3) is 0.154. The van der Waals surface area contributed by atoms with Crippen molar-refractivity contribution >= 4 is 31.9 Å². The van der Waals surface area contributed by atoms with Crippen LogP contribution in [-0.2, 0) is 6.61 Å². The van der Waals surface area contributed by atoms with Gasteiger partial charge in [-0.05, 0) is 40.2 Å². The maximum Gasteiger partial charge on any atom is 0.139 e. The first-order valence-electron chi connectivity index (χ1n) is 5.25. The average molecular weight is 373 g/mol. The summed E-state index contributed by atoms with van der Waals surface area (Å²) in [6, 6.07) is 7.69. The molecule has 0 bridgehead atoms. The number of hydrogen-bond acceptors (Lipinski definition) is 3. The number of ether oxygens (including phenoxy) is 2. The lowest BCUT2D eigenvalue weighted by Gasteiger charge is -2.10. The van der Waals surface area contributed by atoms with Crippen LogP contribution in [0.25, 0.3) is 0 Å². The minimum absolute atomic E-state index is 0.431. The van der Waals surface area contributed by atoms with Gasteiger partial charge >= 0.3 is 0 Å². The standard InChI is InChI=1S/C13H11Br2NO2/c1-17-13-3-2-10(14)4-9(13)8-18-12-5-11(15)6-16-7-12/h2-7H,8H2,1H3. The number of hydrogen-bond donors (Lipinski definition) is 0. The zero-order chi connectivity index (χ0) is 13.0. The molecule has 0 saturated carbocycles. The molecule has 18 heavy (non-hydrogen) atoms. The minimum atomic E-state index is 0.431. The Bertz CT molecular complexity index is 546. The third-order valence-corrected chi connectivity index (χ3v) is 3.24. The number of rotatable bonds is 4. The molecule has 2 rings (SSSR count). The van der Waals surface area contributed by atoms with Gasteiger partial charge in [0.15, 0.2) is 0 Å². The Hall–Kier alpha value is -1.07. The molecular formula is C13H11Br2NO2. The van der Waals surface area contributed by atoms with Gasteiger partial charge in [-0.3, -0.25) is 4.98 Å². The second kappa shape index (κ2) is 6.20. The largest absolute Gasteiger partial charge is 0.496 e. The predicted octanol–water partition coefficient (Wildman–Crippen LogP) is 4.19. The molecule has 1 aromatic carbocycles. The summed E-state index contributed by atoms with van der Waals surface area (Å²) in [5.41, 5.74) is 0.979. The van der Waals surface area contributed by atoms with Crippen molar-refractivity contribution in [1.29, 1.82) is 0 Å². The first-order chi connectivity index (χ1) is 8.69. The van der Waals surface area contributed by atoms with Gasteiger partial charge in [-0.15, -0.1) is 0 Å². The van der Waals surface area contributed by atoms with E-state index in [-0.39, 0.29) is 0 Å². The molecule has 0 atom stereocenters. The summed E-state index contributed by atoms with van der Waals surface area (Å²) < 4.78 is 12.8. The summed E-state index contributed by atoms with van der Waals surface area (Å²) in [4.78, 5) is 4.04. The number of nitrogens with zero attached hydrogens (tertiary/aromatic N) is 1. The summed E-state index contributed by atoms with van der Waals surface area (Å²) in [5, 5.41) is 0. The first kappa shape index (κ1) is 13.4. The summed E-state index contributed by atoms with van der Waals surface area (Å²) in [7, 11) is 1.65. The van der Waals surface area contributed by atoms with Gasteiger partial charge in [0, 0.05) is 20.7 Å². The van der Waals surface area contributed by atoms with E-state index in [1.807, 2.05) is 24.3 Å². The van der Waals surface area contributed by atoms with E-state index in [2.05, 4.69) is 36.8 Å². The highest BCUT2D eigenvalue weighted by Crippen LogP contribution is 2.25. The third-order valence-electron chi connectivity index (χ3n) is 2.32. The van der Waals surface area contributed by atoms with Crippen molar-refractivity contribution < 1.29 is 9.47 Å². The molecule has 0 radical (unpaired) electrons. The summed E-state index contributed by atoms with van der Waals surface area (Å²) in [6.45, 7) is 0.431. The maximum atomic E-state index is 5.68. The molecule has 5 heteroatoms. The molecule has 0 aliphatic carbocycles. The molecule has 0 fully saturated rings. The van der Waals surface area contributed by atoms with E-state index < -0.39 is 0 Å². The molecule has 0 aliphatic heterocycles. The lowest BCUT2D eigenvalue weighted by atomic mass is 10.2. The van der Waals surface area contributed by atoms with Gasteiger partial charge in [-0.25, -0.2) is 0 Å². The fourth-order valence-electron chi connectivity index (χ4n) is 1.49. The lowest BCUT2D eigenvalue weighted by molar-refractivity contribution is 0.295. The van der Waals surface area contributed by atoms with Crippen LogP contribution in [0.1, 0.15) is 5.56 Å². The van der Waals surface area contributed by atoms with Crippen LogP contribution in [0.4, 0.5) is 0 Å². The van der Waals surface area contributed by atoms with Crippen molar-refractivity contribution in [2.45, 2.75) is 6.61 Å². The molecule has 0 amide bonds. The second-order valence-corrected chi connectivity index (χ2v) is 5.42. The highest BCUT2D eigenvalue weighted by atomic mass is 79.9. The highest BCUT2D eigenvalue weighted by molar-refractivity contribution is 9.10. The van der Waals surface area contributed by atoms with Crippen LogP contribution in [0.3, 0.4) is 0 Å². The topological polar surface area (TPSA) is 31.4 Å². The van der Waals surface area contributed by atoms with Gasteiger partial charge in [-0.2, -0.15) is 0 Å². The Morgan fingerprint density at radius 1 is 1.11 bits per heavy atom. The van der Waals surface area contributed by atoms with E-state index in [4.69, 9.17) is 9.47 Å². The zero-order valence-electron chi connectivity index (χ0n) is 9.69. The highest BCUT2D eigenvalue weighted by Gasteiger charge is 2.05. The Kier molecular flexibility index (Phi) is 4.60. The van der Waals surface area contributed by atoms with Crippen molar-refractivity contribution in [3.05, 3.63) is 51.2 Å². The lowest BCUT2D eigenvalue weighted by Crippen LogP contribution is -1.99. The van der Waals surface area contributed by atoms with Gasteiger partial charge in [0.25, 0.3) is 0 Å². The van der Waals surface area contributed by atoms with E-state index in [9.17, 15) is 0 Å². The van der Waals surface area contributed by atoms with E-state index in [0.717, 1.165) is 20.3 Å². The first-order valence-corrected chi connectivity index (χ1v) is 6.83. The summed E-state index contributed by atoms with van der Waals surface area (Å²) in [6.07, 6.45) is 3.39. The number of pyridine rings is 1. The molecule has 0 saturated heterocycles. The molecule has 1 heterocycles. The molecule has 0 N–H and O–H groups in total. The van der Waals surface area contributed by atoms with Crippen molar-refractivity contribution in [2.24, 2.45) is 0 Å². The normalized spacial score (nSPS) is 10.2. The SMILES string of the molecule is COc1ccc(Br)cc1COc1cncc(Br)c1. The number of benzene rings is 1. The number of aromatic nitrogens is 1. The Balaban J connectivity index is 2.12. The number of halogens is 2. The van der Waals surface area contributed by atoms with E-state index >= 15 is 0 Å². The van der Waals surface area contributed by atoms with Crippen molar-refractivity contribution in [3.63, 3.8) is 0 Å². The molecule has 94 valence electrons. The smallest absolute Gasteiger partial charge is 0.139 e. The van der Waals surface area contributed by atoms with Crippen molar-refractivity contribution in [2.75, 3.05) is 7.11 Å². The summed E-state index contributed by atoms with van der Waals surface area (Å²) in [5.74, 6) is 1.52. The van der Waals surface area contributed by atoms with Crippen LogP contribution in [0.2, 0.25) is 0 Å². The zero-order valence-corrected chi connectivity index (χ0v) is 12.9. The third kappa shape index (κ3) is 3.46. The van der Waals surface area contributed by atoms with Crippen LogP contribution < -0.4 is 9.47 Å². The molecule has 3 nitrogen and oxygen atoms in total. The van der Waals surface area contributed by atoms with Crippen LogP contribution in [0.15, 0.2) is 45.6 Å². The minimum Gasteiger partial charge on any atom is -0.496 e. The molecule has 0 aliphatic rings. The second-order valence-electron chi connectivity index (χ2n) is 3.58. The van der Waals surface area contributed by atoms with E-state index in [0.29, 0.717) is 12.4 Å². The molecule has 0 spiro atoms. The van der Waals surface area contributed by atoms with Crippen LogP contribution >= 0.6 is 31.9 Å². The predicted molar refractivity (Wildman–Crippen MR) is 77.0 cm³/mol. The quantitative estimate of drug-likeness (QED) is 0.806. The Morgan fingerprint density at radius 2 is 1.94 bits per heavy atom. The molecule has 0 unspecified atom stereocenters. The van der Waals surface area contributed by atoms with Gasteiger partial charge < -0.3 is 9.47 Å². The van der Waals surface area contributed by atoms with Gasteiger partial charge in [0.2, 0.25) is 0 Å².